The largest absolute Gasteiger partial charge is 0.493 e. The second-order valence-electron chi connectivity index (χ2n) is 10.8. The van der Waals surface area contributed by atoms with Crippen molar-refractivity contribution >= 4 is 0 Å². The van der Waals surface area contributed by atoms with Crippen LogP contribution in [0.2, 0.25) is 0 Å². The van der Waals surface area contributed by atoms with Gasteiger partial charge < -0.3 is 29.5 Å². The molecular formula is C30H44N2O4. The van der Waals surface area contributed by atoms with Crippen LogP contribution in [0.15, 0.2) is 36.4 Å². The van der Waals surface area contributed by atoms with Gasteiger partial charge in [-0.05, 0) is 101 Å². The van der Waals surface area contributed by atoms with Crippen molar-refractivity contribution in [1.82, 2.24) is 9.80 Å². The Hall–Kier alpha value is -2.12. The molecule has 0 radical (unpaired) electrons. The van der Waals surface area contributed by atoms with Crippen LogP contribution in [0.4, 0.5) is 0 Å². The van der Waals surface area contributed by atoms with Crippen molar-refractivity contribution in [3.63, 3.8) is 0 Å². The van der Waals surface area contributed by atoms with Gasteiger partial charge in [0.25, 0.3) is 0 Å². The van der Waals surface area contributed by atoms with E-state index in [4.69, 9.17) is 9.47 Å². The average Bonchev–Trinajstić information content (AvgIpc) is 2.82. The summed E-state index contributed by atoms with van der Waals surface area (Å²) in [6.45, 7) is 7.58. The molecule has 198 valence electrons. The Labute approximate surface area is 216 Å². The molecule has 4 rings (SSSR count). The highest BCUT2D eigenvalue weighted by molar-refractivity contribution is 5.74. The maximum Gasteiger partial charge on any atom is 0.122 e. The van der Waals surface area contributed by atoms with E-state index in [1.165, 1.54) is 11.1 Å². The summed E-state index contributed by atoms with van der Waals surface area (Å²) in [4.78, 5) is 4.67. The average molecular weight is 497 g/mol. The first-order valence-electron chi connectivity index (χ1n) is 13.5. The Balaban J connectivity index is 1.29. The zero-order valence-corrected chi connectivity index (χ0v) is 22.4. The quantitative estimate of drug-likeness (QED) is 0.400. The standard InChI is InChI=1S/C30H44N2O4/c1-21-27(9-5-11-29(21)35-15-7-13-31(3)23-17-25(33)18-23)28-10-6-12-30(22(28)2)36-16-8-14-32(4)24-19-26(34)20-24/h5-6,9-12,23-26,33-34H,7-8,13-20H2,1-4H3. The van der Waals surface area contributed by atoms with Gasteiger partial charge in [-0.1, -0.05) is 24.3 Å². The number of rotatable bonds is 13. The van der Waals surface area contributed by atoms with Gasteiger partial charge in [0.2, 0.25) is 0 Å². The van der Waals surface area contributed by atoms with Gasteiger partial charge in [-0.25, -0.2) is 0 Å². The van der Waals surface area contributed by atoms with Crippen LogP contribution in [0.5, 0.6) is 11.5 Å². The summed E-state index contributed by atoms with van der Waals surface area (Å²) in [6.07, 6.45) is 5.28. The number of hydrogen-bond donors (Lipinski definition) is 2. The molecule has 0 atom stereocenters. The lowest BCUT2D eigenvalue weighted by Gasteiger charge is -2.38. The van der Waals surface area contributed by atoms with Gasteiger partial charge in [0.1, 0.15) is 11.5 Å². The van der Waals surface area contributed by atoms with Gasteiger partial charge in [-0.3, -0.25) is 0 Å². The molecule has 2 aliphatic carbocycles. The normalized spacial score (nSPS) is 23.4. The Morgan fingerprint density at radius 2 is 1.08 bits per heavy atom. The third-order valence-electron chi connectivity index (χ3n) is 8.11. The topological polar surface area (TPSA) is 65.4 Å². The predicted molar refractivity (Wildman–Crippen MR) is 145 cm³/mol. The molecule has 0 spiro atoms. The third kappa shape index (κ3) is 6.60. The van der Waals surface area contributed by atoms with E-state index < -0.39 is 0 Å². The van der Waals surface area contributed by atoms with Crippen LogP contribution < -0.4 is 9.47 Å². The minimum atomic E-state index is -0.110. The van der Waals surface area contributed by atoms with Crippen molar-refractivity contribution in [2.75, 3.05) is 40.4 Å². The van der Waals surface area contributed by atoms with E-state index in [0.29, 0.717) is 25.3 Å². The molecule has 2 saturated carbocycles. The number of ether oxygens (including phenoxy) is 2. The molecule has 6 nitrogen and oxygen atoms in total. The van der Waals surface area contributed by atoms with Crippen LogP contribution in [0.1, 0.15) is 49.7 Å². The zero-order chi connectivity index (χ0) is 25.7. The third-order valence-corrected chi connectivity index (χ3v) is 8.11. The molecule has 2 aromatic carbocycles. The first-order valence-corrected chi connectivity index (χ1v) is 13.5. The van der Waals surface area contributed by atoms with Crippen molar-refractivity contribution < 1.29 is 19.7 Å². The zero-order valence-electron chi connectivity index (χ0n) is 22.4. The lowest BCUT2D eigenvalue weighted by atomic mass is 9.88. The van der Waals surface area contributed by atoms with Crippen LogP contribution in [0, 0.1) is 13.8 Å². The predicted octanol–water partition coefficient (Wildman–Crippen LogP) is 4.42. The number of nitrogens with zero attached hydrogens (tertiary/aromatic N) is 2. The van der Waals surface area contributed by atoms with E-state index in [0.717, 1.165) is 74.2 Å². The smallest absolute Gasteiger partial charge is 0.122 e. The van der Waals surface area contributed by atoms with Gasteiger partial charge in [-0.2, -0.15) is 0 Å². The molecule has 0 amide bonds. The molecule has 0 aromatic heterocycles. The van der Waals surface area contributed by atoms with Gasteiger partial charge in [0.15, 0.2) is 0 Å². The molecule has 0 saturated heterocycles. The summed E-state index contributed by atoms with van der Waals surface area (Å²) in [7, 11) is 4.27. The highest BCUT2D eigenvalue weighted by atomic mass is 16.5. The molecule has 2 fully saturated rings. The van der Waals surface area contributed by atoms with E-state index in [2.05, 4.69) is 74.1 Å². The summed E-state index contributed by atoms with van der Waals surface area (Å²) in [5.74, 6) is 1.87. The van der Waals surface area contributed by atoms with E-state index in [-0.39, 0.29) is 12.2 Å². The highest BCUT2D eigenvalue weighted by Gasteiger charge is 2.30. The summed E-state index contributed by atoms with van der Waals surface area (Å²) in [5, 5.41) is 19.0. The Morgan fingerprint density at radius 1 is 0.694 bits per heavy atom. The van der Waals surface area contributed by atoms with Crippen LogP contribution in [0.25, 0.3) is 11.1 Å². The fourth-order valence-electron chi connectivity index (χ4n) is 5.32. The molecule has 0 aliphatic heterocycles. The molecule has 2 aliphatic rings. The van der Waals surface area contributed by atoms with E-state index >= 15 is 0 Å². The summed E-state index contributed by atoms with van der Waals surface area (Å²) in [5.41, 5.74) is 4.66. The SMILES string of the molecule is Cc1c(OCCCN(C)C2CC(O)C2)cccc1-c1cccc(OCCCN(C)C2CC(O)C2)c1C. The van der Waals surface area contributed by atoms with Crippen molar-refractivity contribution in [3.05, 3.63) is 47.5 Å². The van der Waals surface area contributed by atoms with Gasteiger partial charge in [0, 0.05) is 25.2 Å². The van der Waals surface area contributed by atoms with Crippen LogP contribution in [-0.2, 0) is 0 Å². The summed E-state index contributed by atoms with van der Waals surface area (Å²) < 4.78 is 12.4. The Morgan fingerprint density at radius 3 is 1.44 bits per heavy atom. The van der Waals surface area contributed by atoms with Crippen LogP contribution >= 0.6 is 0 Å². The highest BCUT2D eigenvalue weighted by Crippen LogP contribution is 2.35. The fourth-order valence-corrected chi connectivity index (χ4v) is 5.32. The van der Waals surface area contributed by atoms with Crippen LogP contribution in [0.3, 0.4) is 0 Å². The molecule has 2 aromatic rings. The Bertz CT molecular complexity index is 905. The molecule has 2 N–H and O–H groups in total. The number of benzene rings is 2. The minimum Gasteiger partial charge on any atom is -0.493 e. The van der Waals surface area contributed by atoms with E-state index in [1.807, 2.05) is 0 Å². The van der Waals surface area contributed by atoms with E-state index in [1.54, 1.807) is 0 Å². The lowest BCUT2D eigenvalue weighted by Crippen LogP contribution is -2.45. The molecule has 0 heterocycles. The van der Waals surface area contributed by atoms with Crippen molar-refractivity contribution in [3.8, 4) is 22.6 Å². The Kier molecular flexibility index (Phi) is 9.29. The first-order chi connectivity index (χ1) is 17.3. The van der Waals surface area contributed by atoms with Crippen LogP contribution in [-0.4, -0.2) is 84.7 Å². The molecule has 6 heteroatoms. The van der Waals surface area contributed by atoms with Crippen molar-refractivity contribution in [1.29, 1.82) is 0 Å². The van der Waals surface area contributed by atoms with Gasteiger partial charge >= 0.3 is 0 Å². The van der Waals surface area contributed by atoms with Gasteiger partial charge in [0.05, 0.1) is 25.4 Å². The van der Waals surface area contributed by atoms with Gasteiger partial charge in [-0.15, -0.1) is 0 Å². The number of hydrogen-bond acceptors (Lipinski definition) is 6. The summed E-state index contributed by atoms with van der Waals surface area (Å²) in [6, 6.07) is 13.6. The fraction of sp³-hybridized carbons (Fsp3) is 0.600. The number of aliphatic hydroxyl groups excluding tert-OH is 2. The molecule has 0 bridgehead atoms. The molecular weight excluding hydrogens is 452 g/mol. The maximum atomic E-state index is 9.52. The number of aliphatic hydroxyl groups is 2. The molecule has 0 unspecified atom stereocenters. The van der Waals surface area contributed by atoms with Crippen molar-refractivity contribution in [2.45, 2.75) is 76.7 Å². The second kappa shape index (κ2) is 12.4. The lowest BCUT2D eigenvalue weighted by molar-refractivity contribution is 0.0107. The monoisotopic (exact) mass is 496 g/mol. The van der Waals surface area contributed by atoms with E-state index in [9.17, 15) is 10.2 Å². The first kappa shape index (κ1) is 26.9. The second-order valence-corrected chi connectivity index (χ2v) is 10.8. The maximum absolute atomic E-state index is 9.52. The summed E-state index contributed by atoms with van der Waals surface area (Å²) >= 11 is 0. The minimum absolute atomic E-state index is 0.110. The van der Waals surface area contributed by atoms with Crippen molar-refractivity contribution in [2.24, 2.45) is 0 Å². The molecule has 36 heavy (non-hydrogen) atoms.